The van der Waals surface area contributed by atoms with Crippen molar-refractivity contribution in [2.75, 3.05) is 26.8 Å². The second-order valence-electron chi connectivity index (χ2n) is 8.48. The van der Waals surface area contributed by atoms with E-state index in [1.54, 1.807) is 25.3 Å². The number of nitrogens with zero attached hydrogens (tertiary/aromatic N) is 4. The normalized spacial score (nSPS) is 16.3. The zero-order chi connectivity index (χ0) is 22.4. The molecule has 166 valence electrons. The molecule has 1 fully saturated rings. The van der Waals surface area contributed by atoms with Gasteiger partial charge in [-0.3, -0.25) is 9.48 Å². The minimum Gasteiger partial charge on any atom is -0.493 e. The number of ether oxygens (including phenoxy) is 2. The molecule has 0 bridgehead atoms. The number of amides is 1. The molecule has 1 atom stereocenters. The summed E-state index contributed by atoms with van der Waals surface area (Å²) in [5, 5.41) is 13.7. The van der Waals surface area contributed by atoms with E-state index >= 15 is 0 Å². The van der Waals surface area contributed by atoms with E-state index in [2.05, 4.69) is 25.0 Å². The lowest BCUT2D eigenvalue weighted by Crippen LogP contribution is -2.42. The quantitative estimate of drug-likeness (QED) is 0.642. The van der Waals surface area contributed by atoms with Gasteiger partial charge in [0.2, 0.25) is 0 Å². The first-order valence-corrected chi connectivity index (χ1v) is 11.0. The summed E-state index contributed by atoms with van der Waals surface area (Å²) < 4.78 is 13.2. The van der Waals surface area contributed by atoms with Gasteiger partial charge in [0.05, 0.1) is 31.0 Å². The molecule has 1 amide bonds. The molecule has 31 heavy (non-hydrogen) atoms. The Morgan fingerprint density at radius 3 is 2.81 bits per heavy atom. The number of piperidine rings is 1. The Balaban J connectivity index is 1.65. The summed E-state index contributed by atoms with van der Waals surface area (Å²) in [5.74, 6) is 1.95. The Labute approximate surface area is 184 Å². The van der Waals surface area contributed by atoms with Crippen molar-refractivity contribution in [3.63, 3.8) is 0 Å². The fourth-order valence-corrected chi connectivity index (χ4v) is 4.01. The Morgan fingerprint density at radius 2 is 2.13 bits per heavy atom. The van der Waals surface area contributed by atoms with Crippen LogP contribution in [-0.4, -0.2) is 47.4 Å². The molecule has 1 aliphatic heterocycles. The molecule has 0 spiro atoms. The molecule has 1 saturated heterocycles. The highest BCUT2D eigenvalue weighted by molar-refractivity contribution is 5.92. The van der Waals surface area contributed by atoms with Crippen LogP contribution in [0.2, 0.25) is 0 Å². The number of benzene rings is 1. The van der Waals surface area contributed by atoms with Gasteiger partial charge in [-0.1, -0.05) is 13.8 Å². The van der Waals surface area contributed by atoms with Crippen molar-refractivity contribution >= 4 is 5.91 Å². The van der Waals surface area contributed by atoms with Gasteiger partial charge in [0.15, 0.2) is 11.5 Å². The smallest absolute Gasteiger partial charge is 0.272 e. The number of aromatic nitrogens is 2. The van der Waals surface area contributed by atoms with Crippen LogP contribution in [0.25, 0.3) is 0 Å². The topological polar surface area (TPSA) is 80.4 Å². The Morgan fingerprint density at radius 1 is 1.32 bits per heavy atom. The van der Waals surface area contributed by atoms with E-state index in [0.717, 1.165) is 31.5 Å². The van der Waals surface area contributed by atoms with Gasteiger partial charge in [-0.25, -0.2) is 0 Å². The zero-order valence-electron chi connectivity index (χ0n) is 18.9. The summed E-state index contributed by atoms with van der Waals surface area (Å²) in [5.41, 5.74) is 2.18. The Bertz CT molecular complexity index is 945. The summed E-state index contributed by atoms with van der Waals surface area (Å²) >= 11 is 0. The number of carbonyl (C=O) groups excluding carboxylic acids is 1. The van der Waals surface area contributed by atoms with E-state index in [1.165, 1.54) is 0 Å². The third-order valence-corrected chi connectivity index (χ3v) is 5.54. The van der Waals surface area contributed by atoms with Crippen molar-refractivity contribution in [1.82, 2.24) is 14.7 Å². The molecular formula is C24H32N4O3. The maximum absolute atomic E-state index is 13.2. The largest absolute Gasteiger partial charge is 0.493 e. The summed E-state index contributed by atoms with van der Waals surface area (Å²) in [7, 11) is 1.56. The van der Waals surface area contributed by atoms with Gasteiger partial charge < -0.3 is 14.4 Å². The number of hydrogen-bond acceptors (Lipinski definition) is 5. The molecule has 2 heterocycles. The fourth-order valence-electron chi connectivity index (χ4n) is 4.01. The highest BCUT2D eigenvalue weighted by Gasteiger charge is 2.27. The third-order valence-electron chi connectivity index (χ3n) is 5.54. The molecule has 1 aromatic carbocycles. The molecule has 1 unspecified atom stereocenters. The minimum absolute atomic E-state index is 0.0463. The summed E-state index contributed by atoms with van der Waals surface area (Å²) in [4.78, 5) is 15.2. The van der Waals surface area contributed by atoms with E-state index in [-0.39, 0.29) is 11.8 Å². The lowest BCUT2D eigenvalue weighted by Gasteiger charge is -2.32. The van der Waals surface area contributed by atoms with Gasteiger partial charge in [0.25, 0.3) is 5.91 Å². The van der Waals surface area contributed by atoms with Crippen LogP contribution in [0, 0.1) is 23.2 Å². The highest BCUT2D eigenvalue weighted by atomic mass is 16.5. The van der Waals surface area contributed by atoms with Crippen molar-refractivity contribution in [3.05, 3.63) is 41.2 Å². The van der Waals surface area contributed by atoms with E-state index in [4.69, 9.17) is 14.7 Å². The number of hydrogen-bond donors (Lipinski definition) is 0. The molecule has 3 rings (SSSR count). The second kappa shape index (κ2) is 10.3. The fraction of sp³-hybridized carbons (Fsp3) is 0.542. The summed E-state index contributed by atoms with van der Waals surface area (Å²) in [6.07, 6.45) is 2.83. The van der Waals surface area contributed by atoms with E-state index in [1.807, 2.05) is 22.6 Å². The van der Waals surface area contributed by atoms with Crippen molar-refractivity contribution < 1.29 is 14.3 Å². The molecule has 0 radical (unpaired) electrons. The van der Waals surface area contributed by atoms with Crippen molar-refractivity contribution in [1.29, 1.82) is 5.26 Å². The first-order valence-electron chi connectivity index (χ1n) is 11.0. The Hall–Kier alpha value is -3.01. The Kier molecular flexibility index (Phi) is 7.56. The van der Waals surface area contributed by atoms with Gasteiger partial charge in [-0.2, -0.15) is 10.4 Å². The number of rotatable bonds is 8. The van der Waals surface area contributed by atoms with Crippen molar-refractivity contribution in [2.24, 2.45) is 11.8 Å². The van der Waals surface area contributed by atoms with E-state index < -0.39 is 0 Å². The van der Waals surface area contributed by atoms with Gasteiger partial charge >= 0.3 is 0 Å². The minimum atomic E-state index is 0.0463. The molecular weight excluding hydrogens is 392 g/mol. The number of aryl methyl sites for hydroxylation is 1. The number of carbonyl (C=O) groups is 1. The van der Waals surface area contributed by atoms with Crippen LogP contribution >= 0.6 is 0 Å². The van der Waals surface area contributed by atoms with Crippen molar-refractivity contribution in [2.45, 2.75) is 46.6 Å². The monoisotopic (exact) mass is 424 g/mol. The van der Waals surface area contributed by atoms with Crippen LogP contribution in [0.3, 0.4) is 0 Å². The van der Waals surface area contributed by atoms with Crippen LogP contribution < -0.4 is 9.47 Å². The molecule has 7 nitrogen and oxygen atoms in total. The zero-order valence-corrected chi connectivity index (χ0v) is 18.9. The molecule has 0 N–H and O–H groups in total. The van der Waals surface area contributed by atoms with Crippen LogP contribution in [-0.2, 0) is 13.0 Å². The first kappa shape index (κ1) is 22.7. The number of nitriles is 1. The van der Waals surface area contributed by atoms with E-state index in [0.29, 0.717) is 48.4 Å². The van der Waals surface area contributed by atoms with Crippen LogP contribution in [0.4, 0.5) is 0 Å². The van der Waals surface area contributed by atoms with Gasteiger partial charge in [0, 0.05) is 31.6 Å². The average Bonchev–Trinajstić information content (AvgIpc) is 3.19. The molecule has 0 aliphatic carbocycles. The molecule has 0 saturated carbocycles. The maximum atomic E-state index is 13.2. The molecule has 1 aromatic heterocycles. The third kappa shape index (κ3) is 5.57. The lowest BCUT2D eigenvalue weighted by molar-refractivity contribution is 0.0619. The SMILES string of the molecule is CCn1nc(CC(C)C)cc1C(=O)N1CCCC(COc2ccc(C#N)cc2OC)C1. The predicted molar refractivity (Wildman–Crippen MR) is 118 cm³/mol. The molecule has 2 aromatic rings. The first-order chi connectivity index (χ1) is 14.9. The molecule has 7 heteroatoms. The maximum Gasteiger partial charge on any atom is 0.272 e. The summed E-state index contributed by atoms with van der Waals surface area (Å²) in [6, 6.07) is 9.21. The predicted octanol–water partition coefficient (Wildman–Crippen LogP) is 3.91. The molecule has 1 aliphatic rings. The van der Waals surface area contributed by atoms with Gasteiger partial charge in [-0.15, -0.1) is 0 Å². The second-order valence-corrected chi connectivity index (χ2v) is 8.48. The standard InChI is InChI=1S/C24H32N4O3/c1-5-28-21(13-20(26-28)11-17(2)3)24(29)27-10-6-7-19(15-27)16-31-22-9-8-18(14-25)12-23(22)30-4/h8-9,12-13,17,19H,5-7,10-11,15-16H2,1-4H3. The van der Waals surface area contributed by atoms with Crippen LogP contribution in [0.15, 0.2) is 24.3 Å². The summed E-state index contributed by atoms with van der Waals surface area (Å²) in [6.45, 7) is 8.92. The highest BCUT2D eigenvalue weighted by Crippen LogP contribution is 2.29. The van der Waals surface area contributed by atoms with Gasteiger partial charge in [0.1, 0.15) is 5.69 Å². The van der Waals surface area contributed by atoms with E-state index in [9.17, 15) is 4.79 Å². The average molecular weight is 425 g/mol. The lowest BCUT2D eigenvalue weighted by atomic mass is 9.98. The number of methoxy groups -OCH3 is 1. The van der Waals surface area contributed by atoms with Crippen LogP contribution in [0.1, 0.15) is 55.4 Å². The number of likely N-dealkylation sites (tertiary alicyclic amines) is 1. The van der Waals surface area contributed by atoms with Gasteiger partial charge in [-0.05, 0) is 50.3 Å². The van der Waals surface area contributed by atoms with Crippen molar-refractivity contribution in [3.8, 4) is 17.6 Å². The van der Waals surface area contributed by atoms with Crippen LogP contribution in [0.5, 0.6) is 11.5 Å².